The van der Waals surface area contributed by atoms with Gasteiger partial charge in [0.1, 0.15) is 22.2 Å². The molecule has 1 aromatic rings. The summed E-state index contributed by atoms with van der Waals surface area (Å²) in [6, 6.07) is 0.494. The average Bonchev–Trinajstić information content (AvgIpc) is 3.22. The van der Waals surface area contributed by atoms with Crippen molar-refractivity contribution in [1.29, 1.82) is 0 Å². The van der Waals surface area contributed by atoms with Gasteiger partial charge >= 0.3 is 0 Å². The van der Waals surface area contributed by atoms with Gasteiger partial charge in [-0.15, -0.1) is 10.2 Å². The van der Waals surface area contributed by atoms with Crippen molar-refractivity contribution in [2.75, 3.05) is 31.6 Å². The second kappa shape index (κ2) is 10.2. The summed E-state index contributed by atoms with van der Waals surface area (Å²) in [5, 5.41) is 15.0. The van der Waals surface area contributed by atoms with E-state index in [4.69, 9.17) is 0 Å². The van der Waals surface area contributed by atoms with E-state index < -0.39 is 9.84 Å². The zero-order valence-corrected chi connectivity index (χ0v) is 18.6. The smallest absolute Gasteiger partial charge is 0.191 e. The van der Waals surface area contributed by atoms with Gasteiger partial charge in [0.2, 0.25) is 0 Å². The van der Waals surface area contributed by atoms with E-state index in [0.29, 0.717) is 25.0 Å². The number of aliphatic imine (C=N–C) groups is 1. The standard InChI is InChI=1S/C18H35N7O2S/c1-6-25-10-7-8-16(25)12-19-18(21-14(2)9-11-28(5,26)27)20-13-17-23-22-15(3)24(17)4/h14,16H,6-13H2,1-5H3,(H2,19,20,21). The molecule has 1 aliphatic rings. The normalized spacial score (nSPS) is 19.8. The predicted octanol–water partition coefficient (Wildman–Crippen LogP) is 0.466. The zero-order chi connectivity index (χ0) is 20.7. The number of aromatic nitrogens is 3. The predicted molar refractivity (Wildman–Crippen MR) is 112 cm³/mol. The molecule has 0 bridgehead atoms. The molecule has 2 atom stereocenters. The van der Waals surface area contributed by atoms with E-state index in [1.54, 1.807) is 0 Å². The third kappa shape index (κ3) is 7.05. The molecule has 10 heteroatoms. The molecule has 2 heterocycles. The molecule has 0 aromatic carbocycles. The minimum Gasteiger partial charge on any atom is -0.355 e. The molecule has 28 heavy (non-hydrogen) atoms. The Bertz CT molecular complexity index is 760. The van der Waals surface area contributed by atoms with Crippen LogP contribution >= 0.6 is 0 Å². The lowest BCUT2D eigenvalue weighted by Crippen LogP contribution is -2.47. The average molecular weight is 414 g/mol. The van der Waals surface area contributed by atoms with Gasteiger partial charge in [0.25, 0.3) is 0 Å². The Morgan fingerprint density at radius 3 is 2.75 bits per heavy atom. The maximum atomic E-state index is 11.4. The van der Waals surface area contributed by atoms with Crippen LogP contribution in [0.2, 0.25) is 0 Å². The number of hydrogen-bond donors (Lipinski definition) is 2. The van der Waals surface area contributed by atoms with E-state index in [-0.39, 0.29) is 11.8 Å². The van der Waals surface area contributed by atoms with Gasteiger partial charge in [-0.2, -0.15) is 0 Å². The first-order valence-corrected chi connectivity index (χ1v) is 12.1. The van der Waals surface area contributed by atoms with Gasteiger partial charge in [-0.1, -0.05) is 6.92 Å². The fourth-order valence-corrected chi connectivity index (χ4v) is 4.13. The highest BCUT2D eigenvalue weighted by Crippen LogP contribution is 2.15. The molecule has 2 unspecified atom stereocenters. The minimum absolute atomic E-state index is 0.00642. The first-order chi connectivity index (χ1) is 13.2. The molecule has 0 spiro atoms. The number of likely N-dealkylation sites (tertiary alicyclic amines) is 1. The Balaban J connectivity index is 2.01. The molecule has 9 nitrogen and oxygen atoms in total. The molecule has 1 fully saturated rings. The van der Waals surface area contributed by atoms with Gasteiger partial charge in [-0.25, -0.2) is 13.4 Å². The number of hydrogen-bond acceptors (Lipinski definition) is 6. The molecule has 0 aliphatic carbocycles. The second-order valence-corrected chi connectivity index (χ2v) is 9.92. The number of sulfone groups is 1. The van der Waals surface area contributed by atoms with Crippen LogP contribution in [0.1, 0.15) is 44.8 Å². The van der Waals surface area contributed by atoms with E-state index in [2.05, 4.69) is 37.6 Å². The number of guanidine groups is 1. The summed E-state index contributed by atoms with van der Waals surface area (Å²) >= 11 is 0. The molecule has 2 rings (SSSR count). The van der Waals surface area contributed by atoms with E-state index in [0.717, 1.165) is 31.3 Å². The summed E-state index contributed by atoms with van der Waals surface area (Å²) < 4.78 is 24.8. The van der Waals surface area contributed by atoms with Crippen molar-refractivity contribution in [3.8, 4) is 0 Å². The van der Waals surface area contributed by atoms with E-state index in [1.165, 1.54) is 19.1 Å². The molecule has 1 saturated heterocycles. The Kier molecular flexibility index (Phi) is 8.23. The summed E-state index contributed by atoms with van der Waals surface area (Å²) in [6.45, 7) is 9.49. The fraction of sp³-hybridized carbons (Fsp3) is 0.833. The van der Waals surface area contributed by atoms with Crippen LogP contribution in [0.25, 0.3) is 0 Å². The first-order valence-electron chi connectivity index (χ1n) is 10.0. The lowest BCUT2D eigenvalue weighted by atomic mass is 10.2. The Morgan fingerprint density at radius 1 is 1.39 bits per heavy atom. The molecule has 1 aliphatic heterocycles. The number of likely N-dealkylation sites (N-methyl/N-ethyl adjacent to an activating group) is 1. The SMILES string of the molecule is CCN1CCCC1CNC(=NCc1nnc(C)n1C)NC(C)CCS(C)(=O)=O. The van der Waals surface area contributed by atoms with Crippen LogP contribution in [0, 0.1) is 6.92 Å². The first kappa shape index (κ1) is 22.6. The third-order valence-corrected chi connectivity index (χ3v) is 6.25. The maximum absolute atomic E-state index is 11.4. The lowest BCUT2D eigenvalue weighted by molar-refractivity contribution is 0.266. The van der Waals surface area contributed by atoms with Crippen LogP contribution in [0.15, 0.2) is 4.99 Å². The van der Waals surface area contributed by atoms with Crippen molar-refractivity contribution in [1.82, 2.24) is 30.3 Å². The number of aryl methyl sites for hydroxylation is 1. The fourth-order valence-electron chi connectivity index (χ4n) is 3.34. The molecule has 2 N–H and O–H groups in total. The largest absolute Gasteiger partial charge is 0.355 e. The van der Waals surface area contributed by atoms with Crippen LogP contribution in [0.4, 0.5) is 0 Å². The zero-order valence-electron chi connectivity index (χ0n) is 17.8. The topological polar surface area (TPSA) is 105 Å². The quantitative estimate of drug-likeness (QED) is 0.448. The van der Waals surface area contributed by atoms with Crippen LogP contribution in [0.5, 0.6) is 0 Å². The summed E-state index contributed by atoms with van der Waals surface area (Å²) in [4.78, 5) is 7.14. The second-order valence-electron chi connectivity index (χ2n) is 7.66. The van der Waals surface area contributed by atoms with E-state index in [9.17, 15) is 8.42 Å². The number of nitrogens with zero attached hydrogens (tertiary/aromatic N) is 5. The highest BCUT2D eigenvalue weighted by Gasteiger charge is 2.23. The van der Waals surface area contributed by atoms with Crippen LogP contribution in [-0.2, 0) is 23.4 Å². The highest BCUT2D eigenvalue weighted by molar-refractivity contribution is 7.90. The third-order valence-electron chi connectivity index (χ3n) is 5.28. The van der Waals surface area contributed by atoms with Crippen molar-refractivity contribution < 1.29 is 8.42 Å². The van der Waals surface area contributed by atoms with Gasteiger partial charge in [0.15, 0.2) is 11.8 Å². The molecule has 0 amide bonds. The minimum atomic E-state index is -2.98. The summed E-state index contributed by atoms with van der Waals surface area (Å²) in [5.74, 6) is 2.48. The summed E-state index contributed by atoms with van der Waals surface area (Å²) in [6.07, 6.45) is 4.21. The Hall–Kier alpha value is -1.68. The van der Waals surface area contributed by atoms with Crippen molar-refractivity contribution >= 4 is 15.8 Å². The maximum Gasteiger partial charge on any atom is 0.191 e. The summed E-state index contributed by atoms with van der Waals surface area (Å²) in [5.41, 5.74) is 0. The van der Waals surface area contributed by atoms with Gasteiger partial charge in [-0.05, 0) is 46.2 Å². The molecule has 0 radical (unpaired) electrons. The van der Waals surface area contributed by atoms with E-state index in [1.807, 2.05) is 25.5 Å². The molecule has 160 valence electrons. The Morgan fingerprint density at radius 2 is 2.14 bits per heavy atom. The number of rotatable bonds is 9. The van der Waals surface area contributed by atoms with Crippen LogP contribution in [0.3, 0.4) is 0 Å². The monoisotopic (exact) mass is 413 g/mol. The van der Waals surface area contributed by atoms with Crippen LogP contribution < -0.4 is 10.6 Å². The molecule has 1 aromatic heterocycles. The van der Waals surface area contributed by atoms with Crippen LogP contribution in [-0.4, -0.2) is 77.8 Å². The van der Waals surface area contributed by atoms with Crippen molar-refractivity contribution in [3.05, 3.63) is 11.6 Å². The van der Waals surface area contributed by atoms with Crippen molar-refractivity contribution in [2.24, 2.45) is 12.0 Å². The van der Waals surface area contributed by atoms with E-state index >= 15 is 0 Å². The number of nitrogens with one attached hydrogen (secondary N) is 2. The molecule has 0 saturated carbocycles. The molecular formula is C18H35N7O2S. The van der Waals surface area contributed by atoms with Gasteiger partial charge in [0.05, 0.1) is 5.75 Å². The van der Waals surface area contributed by atoms with Gasteiger partial charge in [-0.3, -0.25) is 4.90 Å². The van der Waals surface area contributed by atoms with Crippen molar-refractivity contribution in [2.45, 2.75) is 58.7 Å². The van der Waals surface area contributed by atoms with Crippen molar-refractivity contribution in [3.63, 3.8) is 0 Å². The summed E-state index contributed by atoms with van der Waals surface area (Å²) in [7, 11) is -1.05. The Labute approximate surface area is 168 Å². The van der Waals surface area contributed by atoms with Gasteiger partial charge in [0, 0.05) is 31.9 Å². The molecular weight excluding hydrogens is 378 g/mol. The van der Waals surface area contributed by atoms with Gasteiger partial charge < -0.3 is 15.2 Å². The highest BCUT2D eigenvalue weighted by atomic mass is 32.2. The lowest BCUT2D eigenvalue weighted by Gasteiger charge is -2.25.